The molecule has 1 fully saturated rings. The van der Waals surface area contributed by atoms with Crippen molar-refractivity contribution in [2.75, 3.05) is 25.1 Å². The molecule has 0 aliphatic carbocycles. The van der Waals surface area contributed by atoms with Crippen molar-refractivity contribution >= 4 is 34.2 Å². The summed E-state index contributed by atoms with van der Waals surface area (Å²) in [5, 5.41) is 10.5. The van der Waals surface area contributed by atoms with Crippen molar-refractivity contribution < 1.29 is 0 Å². The van der Waals surface area contributed by atoms with Gasteiger partial charge in [0.15, 0.2) is 5.82 Å². The highest BCUT2D eigenvalue weighted by atomic mass is 32.2. The van der Waals surface area contributed by atoms with E-state index in [0.29, 0.717) is 11.7 Å². The molecule has 0 atom stereocenters. The van der Waals surface area contributed by atoms with Crippen LogP contribution in [0.1, 0.15) is 11.3 Å². The van der Waals surface area contributed by atoms with E-state index < -0.39 is 0 Å². The van der Waals surface area contributed by atoms with Gasteiger partial charge in [-0.3, -0.25) is 8.99 Å². The Morgan fingerprint density at radius 2 is 1.94 bits per heavy atom. The Morgan fingerprint density at radius 3 is 2.76 bits per heavy atom. The van der Waals surface area contributed by atoms with Crippen LogP contribution in [-0.4, -0.2) is 48.0 Å². The highest BCUT2D eigenvalue weighted by Crippen LogP contribution is 2.34. The molecule has 0 saturated carbocycles. The van der Waals surface area contributed by atoms with Crippen LogP contribution in [0.4, 0.5) is 5.82 Å². The van der Waals surface area contributed by atoms with Crippen LogP contribution in [0.3, 0.4) is 0 Å². The topological polar surface area (TPSA) is 77.3 Å². The number of benzene rings is 2. The molecule has 3 aromatic heterocycles. The summed E-state index contributed by atoms with van der Waals surface area (Å²) in [5.41, 5.74) is 12.7. The lowest BCUT2D eigenvalue weighted by atomic mass is 9.97. The van der Waals surface area contributed by atoms with Gasteiger partial charge in [0.05, 0.1) is 12.1 Å². The first-order valence-corrected chi connectivity index (χ1v) is 12.3. The summed E-state index contributed by atoms with van der Waals surface area (Å²) in [5.74, 6) is 1.14. The first-order valence-electron chi connectivity index (χ1n) is 11.1. The molecular formula is C25H25N7S. The zero-order valence-corrected chi connectivity index (χ0v) is 19.2. The second-order valence-corrected chi connectivity index (χ2v) is 9.52. The van der Waals surface area contributed by atoms with Crippen LogP contribution in [0.15, 0.2) is 67.1 Å². The van der Waals surface area contributed by atoms with Gasteiger partial charge in [-0.05, 0) is 41.9 Å². The van der Waals surface area contributed by atoms with E-state index >= 15 is 0 Å². The third-order valence-electron chi connectivity index (χ3n) is 6.39. The summed E-state index contributed by atoms with van der Waals surface area (Å²) in [4.78, 5) is 4.27. The minimum atomic E-state index is 0.500. The summed E-state index contributed by atoms with van der Waals surface area (Å²) in [7, 11) is 0. The van der Waals surface area contributed by atoms with Gasteiger partial charge in [-0.1, -0.05) is 54.4 Å². The Bertz CT molecular complexity index is 1430. The van der Waals surface area contributed by atoms with Gasteiger partial charge >= 0.3 is 0 Å². The Morgan fingerprint density at radius 1 is 1.09 bits per heavy atom. The van der Waals surface area contributed by atoms with Gasteiger partial charge in [0.2, 0.25) is 0 Å². The molecule has 5 aromatic rings. The minimum Gasteiger partial charge on any atom is -0.382 e. The summed E-state index contributed by atoms with van der Waals surface area (Å²) >= 11 is 1.81. The average molecular weight is 456 g/mol. The summed E-state index contributed by atoms with van der Waals surface area (Å²) in [6, 6.07) is 19.0. The van der Waals surface area contributed by atoms with Crippen molar-refractivity contribution in [1.29, 1.82) is 0 Å². The van der Waals surface area contributed by atoms with Crippen LogP contribution in [0.25, 0.3) is 27.5 Å². The number of nitrogen functional groups attached to an aromatic ring is 1. The van der Waals surface area contributed by atoms with E-state index in [9.17, 15) is 0 Å². The number of fused-ring (bicyclic) bond motifs is 2. The number of nitrogens with zero attached hydrogens (tertiary/aromatic N) is 6. The summed E-state index contributed by atoms with van der Waals surface area (Å²) in [6.45, 7) is 2.96. The van der Waals surface area contributed by atoms with Gasteiger partial charge in [0.25, 0.3) is 0 Å². The predicted octanol–water partition coefficient (Wildman–Crippen LogP) is 4.13. The number of hydrogen-bond acceptors (Lipinski definition) is 6. The lowest BCUT2D eigenvalue weighted by Gasteiger charge is -2.37. The standard InChI is InChI=1S/C25H25N7S/c1-33-31-13-18(14-31)9-21-11-22(24-25(26)27-16-28-32(21)24)19-7-8-20-15-30(29-23(20)10-19)12-17-5-3-2-4-6-17/h2-8,10-11,15-16,18H,9,12-14H2,1H3,(H2,26,27,28). The van der Waals surface area contributed by atoms with E-state index in [1.54, 1.807) is 6.33 Å². The van der Waals surface area contributed by atoms with Crippen molar-refractivity contribution in [3.8, 4) is 11.1 Å². The summed E-state index contributed by atoms with van der Waals surface area (Å²) in [6.07, 6.45) is 6.74. The van der Waals surface area contributed by atoms with E-state index in [1.807, 2.05) is 27.2 Å². The first kappa shape index (κ1) is 20.3. The van der Waals surface area contributed by atoms with Crippen molar-refractivity contribution in [2.24, 2.45) is 5.92 Å². The van der Waals surface area contributed by atoms with E-state index in [0.717, 1.165) is 53.6 Å². The molecule has 1 aliphatic rings. The highest BCUT2D eigenvalue weighted by Gasteiger charge is 2.28. The number of hydrogen-bond donors (Lipinski definition) is 1. The minimum absolute atomic E-state index is 0.500. The van der Waals surface area contributed by atoms with Gasteiger partial charge < -0.3 is 5.73 Å². The van der Waals surface area contributed by atoms with Gasteiger partial charge in [-0.25, -0.2) is 9.50 Å². The van der Waals surface area contributed by atoms with Crippen molar-refractivity contribution in [3.05, 3.63) is 78.4 Å². The smallest absolute Gasteiger partial charge is 0.151 e. The summed E-state index contributed by atoms with van der Waals surface area (Å²) < 4.78 is 6.35. The Labute approximate surface area is 196 Å². The van der Waals surface area contributed by atoms with E-state index in [2.05, 4.69) is 75.4 Å². The maximum absolute atomic E-state index is 6.33. The lowest BCUT2D eigenvalue weighted by molar-refractivity contribution is 0.217. The Balaban J connectivity index is 1.36. The predicted molar refractivity (Wildman–Crippen MR) is 134 cm³/mol. The van der Waals surface area contributed by atoms with Crippen LogP contribution >= 0.6 is 11.9 Å². The number of anilines is 1. The number of aromatic nitrogens is 5. The molecule has 0 amide bonds. The monoisotopic (exact) mass is 455 g/mol. The molecule has 6 rings (SSSR count). The molecule has 1 aliphatic heterocycles. The molecule has 1 saturated heterocycles. The third kappa shape index (κ3) is 3.75. The van der Waals surface area contributed by atoms with Gasteiger partial charge in [0.1, 0.15) is 11.8 Å². The zero-order valence-electron chi connectivity index (χ0n) is 18.4. The fourth-order valence-corrected chi connectivity index (χ4v) is 5.40. The molecule has 0 bridgehead atoms. The van der Waals surface area contributed by atoms with Crippen molar-refractivity contribution in [3.63, 3.8) is 0 Å². The molecule has 166 valence electrons. The van der Waals surface area contributed by atoms with E-state index in [-0.39, 0.29) is 0 Å². The largest absolute Gasteiger partial charge is 0.382 e. The lowest BCUT2D eigenvalue weighted by Crippen LogP contribution is -2.42. The van der Waals surface area contributed by atoms with Gasteiger partial charge in [0, 0.05) is 35.9 Å². The second-order valence-electron chi connectivity index (χ2n) is 8.64. The molecule has 0 unspecified atom stereocenters. The zero-order chi connectivity index (χ0) is 22.4. The van der Waals surface area contributed by atoms with Crippen LogP contribution in [0.2, 0.25) is 0 Å². The van der Waals surface area contributed by atoms with Crippen LogP contribution in [0.5, 0.6) is 0 Å². The molecular weight excluding hydrogens is 430 g/mol. The van der Waals surface area contributed by atoms with Crippen LogP contribution in [0, 0.1) is 5.92 Å². The Hall–Kier alpha value is -3.36. The fraction of sp³-hybridized carbons (Fsp3) is 0.240. The molecule has 4 heterocycles. The van der Waals surface area contributed by atoms with Gasteiger partial charge in [-0.2, -0.15) is 10.2 Å². The molecule has 8 heteroatoms. The van der Waals surface area contributed by atoms with E-state index in [4.69, 9.17) is 10.8 Å². The van der Waals surface area contributed by atoms with Crippen LogP contribution in [-0.2, 0) is 13.0 Å². The maximum Gasteiger partial charge on any atom is 0.151 e. The fourth-order valence-electron chi connectivity index (χ4n) is 4.68. The second kappa shape index (κ2) is 8.20. The Kier molecular flexibility index (Phi) is 5.04. The first-order chi connectivity index (χ1) is 16.2. The number of nitrogens with two attached hydrogens (primary N) is 1. The highest BCUT2D eigenvalue weighted by molar-refractivity contribution is 7.96. The molecule has 0 radical (unpaired) electrons. The SMILES string of the molecule is CSN1CC(Cc2cc(-c3ccc4cn(Cc5ccccc5)nc4c3)c3c(N)ncnn23)C1. The average Bonchev–Trinajstić information content (AvgIpc) is 3.37. The van der Waals surface area contributed by atoms with Gasteiger partial charge in [-0.15, -0.1) is 0 Å². The normalized spacial score (nSPS) is 14.8. The quantitative estimate of drug-likeness (QED) is 0.388. The molecule has 2 N–H and O–H groups in total. The van der Waals surface area contributed by atoms with Crippen LogP contribution < -0.4 is 5.73 Å². The molecule has 33 heavy (non-hydrogen) atoms. The maximum atomic E-state index is 6.33. The van der Waals surface area contributed by atoms with Crippen molar-refractivity contribution in [2.45, 2.75) is 13.0 Å². The third-order valence-corrected chi connectivity index (χ3v) is 7.20. The molecule has 0 spiro atoms. The van der Waals surface area contributed by atoms with E-state index in [1.165, 1.54) is 11.3 Å². The molecule has 7 nitrogen and oxygen atoms in total. The number of rotatable bonds is 6. The van der Waals surface area contributed by atoms with Crippen molar-refractivity contribution in [1.82, 2.24) is 28.7 Å². The molecule has 2 aromatic carbocycles.